The summed E-state index contributed by atoms with van der Waals surface area (Å²) >= 11 is 0. The summed E-state index contributed by atoms with van der Waals surface area (Å²) < 4.78 is 26.9. The maximum atomic E-state index is 13.8. The molecule has 2 aromatic rings. The molecule has 0 aliphatic rings. The molecular formula is C14H14F2N2O2. The Morgan fingerprint density at radius 3 is 2.50 bits per heavy atom. The van der Waals surface area contributed by atoms with Crippen molar-refractivity contribution in [2.45, 2.75) is 19.9 Å². The molecule has 0 saturated carbocycles. The average Bonchev–Trinajstić information content (AvgIpc) is 2.79. The van der Waals surface area contributed by atoms with Crippen molar-refractivity contribution in [3.8, 4) is 0 Å². The van der Waals surface area contributed by atoms with Crippen molar-refractivity contribution in [3.05, 3.63) is 35.5 Å². The van der Waals surface area contributed by atoms with Gasteiger partial charge < -0.3 is 9.88 Å². The minimum absolute atomic E-state index is 0.0677. The Morgan fingerprint density at radius 1 is 1.25 bits per heavy atom. The number of nitrogens with zero attached hydrogens (tertiary/aromatic N) is 1. The summed E-state index contributed by atoms with van der Waals surface area (Å²) in [7, 11) is 1.50. The highest BCUT2D eigenvalue weighted by atomic mass is 19.1. The van der Waals surface area contributed by atoms with E-state index < -0.39 is 23.3 Å². The summed E-state index contributed by atoms with van der Waals surface area (Å²) in [6, 6.07) is 1.61. The number of likely N-dealkylation sites (N-methyl/N-ethyl adjacent to an activating group) is 1. The number of amides is 1. The van der Waals surface area contributed by atoms with Crippen LogP contribution in [0.1, 0.15) is 24.2 Å². The highest BCUT2D eigenvalue weighted by Crippen LogP contribution is 2.24. The van der Waals surface area contributed by atoms with E-state index in [1.165, 1.54) is 18.1 Å². The van der Waals surface area contributed by atoms with E-state index >= 15 is 0 Å². The van der Waals surface area contributed by atoms with Crippen molar-refractivity contribution >= 4 is 22.6 Å². The second-order valence-electron chi connectivity index (χ2n) is 4.85. The first-order chi connectivity index (χ1) is 9.32. The van der Waals surface area contributed by atoms with Crippen LogP contribution in [-0.4, -0.2) is 34.7 Å². The molecule has 0 fully saturated rings. The SMILES string of the molecule is CC(C)N(C)C(=O)C(=O)c1c[nH]c2cc(F)cc(F)c12. The Balaban J connectivity index is 2.49. The third-order valence-electron chi connectivity index (χ3n) is 3.23. The van der Waals surface area contributed by atoms with E-state index in [-0.39, 0.29) is 22.5 Å². The molecule has 0 aliphatic carbocycles. The van der Waals surface area contributed by atoms with Gasteiger partial charge in [0.2, 0.25) is 0 Å². The summed E-state index contributed by atoms with van der Waals surface area (Å²) in [6.45, 7) is 3.52. The van der Waals surface area contributed by atoms with Crippen LogP contribution in [0.5, 0.6) is 0 Å². The Kier molecular flexibility index (Phi) is 3.57. The third kappa shape index (κ3) is 2.29. The molecule has 1 amide bonds. The quantitative estimate of drug-likeness (QED) is 0.693. The molecule has 0 spiro atoms. The van der Waals surface area contributed by atoms with Crippen LogP contribution in [0.25, 0.3) is 10.9 Å². The Labute approximate surface area is 114 Å². The van der Waals surface area contributed by atoms with Gasteiger partial charge in [0.05, 0.1) is 11.1 Å². The van der Waals surface area contributed by atoms with Gasteiger partial charge in [0.15, 0.2) is 0 Å². The van der Waals surface area contributed by atoms with E-state index in [4.69, 9.17) is 0 Å². The maximum absolute atomic E-state index is 13.8. The predicted octanol–water partition coefficient (Wildman–Crippen LogP) is 2.50. The fourth-order valence-corrected chi connectivity index (χ4v) is 1.87. The van der Waals surface area contributed by atoms with Crippen molar-refractivity contribution in [3.63, 3.8) is 0 Å². The van der Waals surface area contributed by atoms with Gasteiger partial charge in [-0.25, -0.2) is 8.78 Å². The Morgan fingerprint density at radius 2 is 1.90 bits per heavy atom. The van der Waals surface area contributed by atoms with E-state index in [2.05, 4.69) is 4.98 Å². The van der Waals surface area contributed by atoms with Crippen LogP contribution in [0.4, 0.5) is 8.78 Å². The number of Topliss-reactive ketones (excluding diaryl/α,β-unsaturated/α-hetero) is 1. The molecule has 0 saturated heterocycles. The minimum atomic E-state index is -0.871. The summed E-state index contributed by atoms with van der Waals surface area (Å²) in [5, 5.41) is -0.0677. The Hall–Kier alpha value is -2.24. The van der Waals surface area contributed by atoms with Gasteiger partial charge in [-0.05, 0) is 19.9 Å². The summed E-state index contributed by atoms with van der Waals surface area (Å²) in [6.07, 6.45) is 1.22. The van der Waals surface area contributed by atoms with Gasteiger partial charge in [-0.15, -0.1) is 0 Å². The summed E-state index contributed by atoms with van der Waals surface area (Å²) in [4.78, 5) is 28.0. The van der Waals surface area contributed by atoms with Gasteiger partial charge in [0, 0.05) is 30.7 Å². The zero-order chi connectivity index (χ0) is 15.0. The highest BCUT2D eigenvalue weighted by molar-refractivity contribution is 6.44. The van der Waals surface area contributed by atoms with Gasteiger partial charge in [-0.1, -0.05) is 0 Å². The molecule has 0 bridgehead atoms. The second-order valence-corrected chi connectivity index (χ2v) is 4.85. The number of aromatic nitrogens is 1. The summed E-state index contributed by atoms with van der Waals surface area (Å²) in [5.74, 6) is -3.17. The number of rotatable bonds is 3. The third-order valence-corrected chi connectivity index (χ3v) is 3.23. The normalized spacial score (nSPS) is 11.1. The minimum Gasteiger partial charge on any atom is -0.360 e. The second kappa shape index (κ2) is 5.03. The Bertz CT molecular complexity index is 692. The first kappa shape index (κ1) is 14.2. The van der Waals surface area contributed by atoms with Crippen molar-refractivity contribution in [2.75, 3.05) is 7.05 Å². The number of hydrogen-bond donors (Lipinski definition) is 1. The number of ketones is 1. The molecule has 0 radical (unpaired) electrons. The van der Waals surface area contributed by atoms with E-state index in [1.807, 2.05) is 0 Å². The van der Waals surface area contributed by atoms with Crippen molar-refractivity contribution < 1.29 is 18.4 Å². The van der Waals surface area contributed by atoms with Crippen LogP contribution in [0, 0.1) is 11.6 Å². The van der Waals surface area contributed by atoms with Gasteiger partial charge in [0.25, 0.3) is 11.7 Å². The number of carbonyl (C=O) groups excluding carboxylic acids is 2. The van der Waals surface area contributed by atoms with Crippen LogP contribution < -0.4 is 0 Å². The summed E-state index contributed by atoms with van der Waals surface area (Å²) in [5.41, 5.74) is 0.0563. The lowest BCUT2D eigenvalue weighted by molar-refractivity contribution is -0.126. The van der Waals surface area contributed by atoms with E-state index in [9.17, 15) is 18.4 Å². The average molecular weight is 280 g/mol. The predicted molar refractivity (Wildman–Crippen MR) is 70.5 cm³/mol. The molecule has 1 heterocycles. The van der Waals surface area contributed by atoms with Crippen LogP contribution in [-0.2, 0) is 4.79 Å². The topological polar surface area (TPSA) is 53.2 Å². The fraction of sp³-hybridized carbons (Fsp3) is 0.286. The molecule has 2 rings (SSSR count). The molecule has 0 unspecified atom stereocenters. The highest BCUT2D eigenvalue weighted by Gasteiger charge is 2.26. The lowest BCUT2D eigenvalue weighted by atomic mass is 10.1. The van der Waals surface area contributed by atoms with Gasteiger partial charge >= 0.3 is 0 Å². The maximum Gasteiger partial charge on any atom is 0.295 e. The lowest BCUT2D eigenvalue weighted by Crippen LogP contribution is -2.38. The zero-order valence-corrected chi connectivity index (χ0v) is 11.3. The molecule has 20 heavy (non-hydrogen) atoms. The molecule has 1 N–H and O–H groups in total. The van der Waals surface area contributed by atoms with E-state index in [1.54, 1.807) is 13.8 Å². The van der Waals surface area contributed by atoms with Crippen LogP contribution in [0.2, 0.25) is 0 Å². The van der Waals surface area contributed by atoms with Crippen molar-refractivity contribution in [1.29, 1.82) is 0 Å². The molecule has 4 nitrogen and oxygen atoms in total. The molecule has 0 aliphatic heterocycles. The lowest BCUT2D eigenvalue weighted by Gasteiger charge is -2.20. The van der Waals surface area contributed by atoms with E-state index in [0.717, 1.165) is 6.07 Å². The molecule has 106 valence electrons. The number of nitrogens with one attached hydrogen (secondary N) is 1. The molecule has 1 aromatic heterocycles. The van der Waals surface area contributed by atoms with Gasteiger partial charge in [0.1, 0.15) is 11.6 Å². The number of H-pyrrole nitrogens is 1. The monoisotopic (exact) mass is 280 g/mol. The zero-order valence-electron chi connectivity index (χ0n) is 11.3. The number of fused-ring (bicyclic) bond motifs is 1. The van der Waals surface area contributed by atoms with Crippen LogP contribution >= 0.6 is 0 Å². The number of aromatic amines is 1. The van der Waals surface area contributed by atoms with Crippen LogP contribution in [0.15, 0.2) is 18.3 Å². The molecule has 6 heteroatoms. The van der Waals surface area contributed by atoms with Crippen molar-refractivity contribution in [2.24, 2.45) is 0 Å². The first-order valence-corrected chi connectivity index (χ1v) is 6.10. The number of benzene rings is 1. The number of hydrogen-bond acceptors (Lipinski definition) is 2. The van der Waals surface area contributed by atoms with E-state index in [0.29, 0.717) is 6.07 Å². The fourth-order valence-electron chi connectivity index (χ4n) is 1.87. The first-order valence-electron chi connectivity index (χ1n) is 6.10. The standard InChI is InChI=1S/C14H14F2N2O2/c1-7(2)18(3)14(20)13(19)9-6-17-11-5-8(15)4-10(16)12(9)11/h4-7,17H,1-3H3. The van der Waals surface area contributed by atoms with Gasteiger partial charge in [-0.3, -0.25) is 9.59 Å². The van der Waals surface area contributed by atoms with Crippen LogP contribution in [0.3, 0.4) is 0 Å². The molecule has 1 aromatic carbocycles. The number of carbonyl (C=O) groups is 2. The largest absolute Gasteiger partial charge is 0.360 e. The molecular weight excluding hydrogens is 266 g/mol. The molecule has 0 atom stereocenters. The van der Waals surface area contributed by atoms with Crippen molar-refractivity contribution in [1.82, 2.24) is 9.88 Å². The smallest absolute Gasteiger partial charge is 0.295 e. The number of halogens is 2. The van der Waals surface area contributed by atoms with Gasteiger partial charge in [-0.2, -0.15) is 0 Å².